The number of rotatable bonds is 10. The van der Waals surface area contributed by atoms with E-state index in [0.29, 0.717) is 13.0 Å². The number of sulfonamides is 1. The van der Waals surface area contributed by atoms with Crippen LogP contribution >= 0.6 is 0 Å². The molecule has 148 valence electrons. The van der Waals surface area contributed by atoms with E-state index in [4.69, 9.17) is 5.73 Å². The Labute approximate surface area is 162 Å². The molecular weight excluding hydrogens is 362 g/mol. The fraction of sp³-hybridized carbons (Fsp3) is 0.400. The summed E-state index contributed by atoms with van der Waals surface area (Å²) in [6.45, 7) is 4.31. The number of hydrazine groups is 1. The van der Waals surface area contributed by atoms with Crippen LogP contribution in [0.4, 0.5) is 0 Å². The molecule has 0 heterocycles. The lowest BCUT2D eigenvalue weighted by molar-refractivity contribution is 0.104. The zero-order valence-electron chi connectivity index (χ0n) is 15.8. The second kappa shape index (κ2) is 9.96. The van der Waals surface area contributed by atoms with Gasteiger partial charge in [-0.1, -0.05) is 62.4 Å². The van der Waals surface area contributed by atoms with E-state index in [2.05, 4.69) is 5.43 Å². The summed E-state index contributed by atoms with van der Waals surface area (Å²) in [4.78, 5) is 0.171. The van der Waals surface area contributed by atoms with E-state index < -0.39 is 22.2 Å². The maximum atomic E-state index is 13.0. The van der Waals surface area contributed by atoms with E-state index >= 15 is 0 Å². The number of nitrogens with two attached hydrogens (primary N) is 1. The highest BCUT2D eigenvalue weighted by molar-refractivity contribution is 7.89. The highest BCUT2D eigenvalue weighted by Gasteiger charge is 2.28. The van der Waals surface area contributed by atoms with Crippen molar-refractivity contribution in [3.63, 3.8) is 0 Å². The molecule has 2 aromatic rings. The first-order valence-electron chi connectivity index (χ1n) is 9.09. The van der Waals surface area contributed by atoms with Gasteiger partial charge in [-0.2, -0.15) is 0 Å². The summed E-state index contributed by atoms with van der Waals surface area (Å²) in [7, 11) is -3.79. The molecule has 0 radical (unpaired) electrons. The van der Waals surface area contributed by atoms with E-state index in [9.17, 15) is 13.5 Å². The molecule has 0 aliphatic rings. The van der Waals surface area contributed by atoms with Gasteiger partial charge in [-0.15, -0.1) is 4.41 Å². The van der Waals surface area contributed by atoms with Crippen LogP contribution in [0.5, 0.6) is 0 Å². The number of hydrogen-bond donors (Lipinski definition) is 3. The molecule has 0 amide bonds. The summed E-state index contributed by atoms with van der Waals surface area (Å²) in [6.07, 6.45) is -0.547. The highest BCUT2D eigenvalue weighted by Crippen LogP contribution is 2.15. The van der Waals surface area contributed by atoms with Gasteiger partial charge in [0.15, 0.2) is 0 Å². The van der Waals surface area contributed by atoms with Gasteiger partial charge >= 0.3 is 0 Å². The second-order valence-electron chi connectivity index (χ2n) is 7.03. The van der Waals surface area contributed by atoms with Crippen LogP contribution in [0.25, 0.3) is 0 Å². The van der Waals surface area contributed by atoms with Crippen LogP contribution in [-0.4, -0.2) is 43.2 Å². The van der Waals surface area contributed by atoms with Crippen molar-refractivity contribution >= 4 is 10.0 Å². The summed E-state index contributed by atoms with van der Waals surface area (Å²) in [5.41, 5.74) is 10.1. The quantitative estimate of drug-likeness (QED) is 0.537. The van der Waals surface area contributed by atoms with E-state index in [1.54, 1.807) is 18.2 Å². The molecule has 0 aliphatic heterocycles. The van der Waals surface area contributed by atoms with E-state index in [1.807, 2.05) is 44.2 Å². The third-order valence-electron chi connectivity index (χ3n) is 4.17. The average Bonchev–Trinajstić information content (AvgIpc) is 2.66. The number of benzene rings is 2. The van der Waals surface area contributed by atoms with Crippen LogP contribution in [0.2, 0.25) is 0 Å². The van der Waals surface area contributed by atoms with Gasteiger partial charge in [-0.25, -0.2) is 13.8 Å². The number of nitrogens with zero attached hydrogens (tertiary/aromatic N) is 1. The molecule has 0 bridgehead atoms. The van der Waals surface area contributed by atoms with Gasteiger partial charge in [-0.3, -0.25) is 0 Å². The van der Waals surface area contributed by atoms with E-state index in [-0.39, 0.29) is 17.4 Å². The molecule has 2 rings (SSSR count). The maximum absolute atomic E-state index is 13.0. The van der Waals surface area contributed by atoms with Gasteiger partial charge in [0.2, 0.25) is 0 Å². The number of aliphatic hydroxyl groups excluding tert-OH is 1. The van der Waals surface area contributed by atoms with Crippen LogP contribution in [-0.2, 0) is 16.4 Å². The van der Waals surface area contributed by atoms with E-state index in [0.717, 1.165) is 9.98 Å². The van der Waals surface area contributed by atoms with E-state index in [1.165, 1.54) is 12.1 Å². The highest BCUT2D eigenvalue weighted by atomic mass is 32.2. The first-order chi connectivity index (χ1) is 12.8. The fourth-order valence-electron chi connectivity index (χ4n) is 2.58. The normalized spacial score (nSPS) is 14.4. The third-order valence-corrected chi connectivity index (χ3v) is 5.89. The molecule has 2 unspecified atom stereocenters. The predicted octanol–water partition coefficient (Wildman–Crippen LogP) is 1.77. The Bertz CT molecular complexity index is 783. The Balaban J connectivity index is 2.13. The van der Waals surface area contributed by atoms with Crippen molar-refractivity contribution in [2.75, 3.05) is 13.1 Å². The minimum atomic E-state index is -3.79. The SMILES string of the molecule is CC(C)CNN(CC(O)C(N)Cc1ccccc1)S(=O)(=O)c1ccccc1. The van der Waals surface area contributed by atoms with Crippen molar-refractivity contribution in [1.29, 1.82) is 0 Å². The molecule has 7 heteroatoms. The molecule has 0 aliphatic carbocycles. The van der Waals surface area contributed by atoms with Crippen molar-refractivity contribution < 1.29 is 13.5 Å². The molecular formula is C20H29N3O3S. The largest absolute Gasteiger partial charge is 0.390 e. The maximum Gasteiger partial charge on any atom is 0.255 e. The van der Waals surface area contributed by atoms with Gasteiger partial charge in [0.25, 0.3) is 10.0 Å². The van der Waals surface area contributed by atoms with Gasteiger partial charge in [0.05, 0.1) is 17.5 Å². The topological polar surface area (TPSA) is 95.7 Å². The lowest BCUT2D eigenvalue weighted by atomic mass is 10.0. The minimum absolute atomic E-state index is 0.127. The van der Waals surface area contributed by atoms with Crippen molar-refractivity contribution in [3.8, 4) is 0 Å². The smallest absolute Gasteiger partial charge is 0.255 e. The van der Waals surface area contributed by atoms with Crippen LogP contribution in [0.1, 0.15) is 19.4 Å². The van der Waals surface area contributed by atoms with Crippen molar-refractivity contribution in [2.24, 2.45) is 11.7 Å². The number of hydrogen-bond acceptors (Lipinski definition) is 5. The van der Waals surface area contributed by atoms with Gasteiger partial charge < -0.3 is 10.8 Å². The minimum Gasteiger partial charge on any atom is -0.390 e. The predicted molar refractivity (Wildman–Crippen MR) is 107 cm³/mol. The first-order valence-corrected chi connectivity index (χ1v) is 10.5. The van der Waals surface area contributed by atoms with Crippen molar-refractivity contribution in [1.82, 2.24) is 9.84 Å². The molecule has 2 atom stereocenters. The van der Waals surface area contributed by atoms with Crippen molar-refractivity contribution in [2.45, 2.75) is 37.3 Å². The molecule has 6 nitrogen and oxygen atoms in total. The molecule has 27 heavy (non-hydrogen) atoms. The second-order valence-corrected chi connectivity index (χ2v) is 8.89. The van der Waals surface area contributed by atoms with Crippen LogP contribution in [0.15, 0.2) is 65.6 Å². The number of nitrogens with one attached hydrogen (secondary N) is 1. The molecule has 0 aromatic heterocycles. The Morgan fingerprint density at radius 2 is 1.59 bits per heavy atom. The van der Waals surface area contributed by atoms with Gasteiger partial charge in [0, 0.05) is 12.6 Å². The lowest BCUT2D eigenvalue weighted by Crippen LogP contribution is -2.52. The Kier molecular flexibility index (Phi) is 7.94. The number of aliphatic hydroxyl groups is 1. The van der Waals surface area contributed by atoms with Crippen LogP contribution in [0, 0.1) is 5.92 Å². The Morgan fingerprint density at radius 1 is 1.04 bits per heavy atom. The molecule has 0 spiro atoms. The van der Waals surface area contributed by atoms with Crippen LogP contribution in [0.3, 0.4) is 0 Å². The standard InChI is InChI=1S/C20H29N3O3S/c1-16(2)14-22-23(27(25,26)18-11-7-4-8-12-18)15-20(24)19(21)13-17-9-5-3-6-10-17/h3-12,16,19-20,22,24H,13-15,21H2,1-2H3. The van der Waals surface area contributed by atoms with Gasteiger partial charge in [-0.05, 0) is 30.0 Å². The molecule has 0 fully saturated rings. The first kappa shape index (κ1) is 21.5. The Morgan fingerprint density at radius 3 is 2.15 bits per heavy atom. The average molecular weight is 392 g/mol. The molecule has 2 aromatic carbocycles. The third kappa shape index (κ3) is 6.41. The van der Waals surface area contributed by atoms with Gasteiger partial charge in [0.1, 0.15) is 0 Å². The summed E-state index contributed by atoms with van der Waals surface area (Å²) in [5, 5.41) is 10.6. The zero-order chi connectivity index (χ0) is 19.9. The summed E-state index contributed by atoms with van der Waals surface area (Å²) >= 11 is 0. The van der Waals surface area contributed by atoms with Crippen LogP contribution < -0.4 is 11.2 Å². The summed E-state index contributed by atoms with van der Waals surface area (Å²) in [5.74, 6) is 0.244. The molecule has 0 saturated heterocycles. The zero-order valence-corrected chi connectivity index (χ0v) is 16.6. The molecule has 4 N–H and O–H groups in total. The lowest BCUT2D eigenvalue weighted by Gasteiger charge is -2.28. The monoisotopic (exact) mass is 391 g/mol. The summed E-state index contributed by atoms with van der Waals surface area (Å²) in [6, 6.07) is 17.2. The Hall–Kier alpha value is -1.77. The van der Waals surface area contributed by atoms with Crippen molar-refractivity contribution in [3.05, 3.63) is 66.2 Å². The fourth-order valence-corrected chi connectivity index (χ4v) is 3.93. The molecule has 0 saturated carbocycles. The summed E-state index contributed by atoms with van der Waals surface area (Å²) < 4.78 is 27.1.